The third-order valence-corrected chi connectivity index (χ3v) is 5.84. The molecule has 0 N–H and O–H groups in total. The summed E-state index contributed by atoms with van der Waals surface area (Å²) in [4.78, 5) is 19.5. The Morgan fingerprint density at radius 3 is 2.33 bits per heavy atom. The molecule has 1 amide bonds. The minimum absolute atomic E-state index is 0.374. The second-order valence-corrected chi connectivity index (χ2v) is 7.50. The Bertz CT molecular complexity index is 361. The SMILES string of the molecule is C[C@@H]1CN(C)CCN1CC1CCN(C(=O)C2CCC2)CC1. The first-order valence-corrected chi connectivity index (χ1v) is 8.85. The van der Waals surface area contributed by atoms with Crippen molar-refractivity contribution < 1.29 is 4.79 Å². The highest BCUT2D eigenvalue weighted by Crippen LogP contribution is 2.30. The van der Waals surface area contributed by atoms with Gasteiger partial charge in [-0.05, 0) is 45.6 Å². The zero-order valence-corrected chi connectivity index (χ0v) is 13.8. The molecule has 0 aromatic carbocycles. The summed E-state index contributed by atoms with van der Waals surface area (Å²) >= 11 is 0. The first-order chi connectivity index (χ1) is 10.1. The summed E-state index contributed by atoms with van der Waals surface area (Å²) in [6.07, 6.45) is 5.94. The molecule has 0 bridgehead atoms. The predicted octanol–water partition coefficient (Wildman–Crippen LogP) is 1.66. The van der Waals surface area contributed by atoms with Gasteiger partial charge in [-0.15, -0.1) is 0 Å². The van der Waals surface area contributed by atoms with Crippen molar-refractivity contribution in [2.24, 2.45) is 11.8 Å². The lowest BCUT2D eigenvalue weighted by atomic mass is 9.83. The zero-order valence-electron chi connectivity index (χ0n) is 13.8. The number of carbonyl (C=O) groups is 1. The van der Waals surface area contributed by atoms with Gasteiger partial charge in [0.2, 0.25) is 5.91 Å². The zero-order chi connectivity index (χ0) is 14.8. The van der Waals surface area contributed by atoms with Crippen molar-refractivity contribution in [2.75, 3.05) is 46.3 Å². The van der Waals surface area contributed by atoms with E-state index >= 15 is 0 Å². The Labute approximate surface area is 129 Å². The molecule has 3 aliphatic rings. The van der Waals surface area contributed by atoms with Crippen molar-refractivity contribution in [2.45, 2.75) is 45.1 Å². The van der Waals surface area contributed by atoms with Crippen LogP contribution in [-0.2, 0) is 4.79 Å². The smallest absolute Gasteiger partial charge is 0.225 e. The number of likely N-dealkylation sites (N-methyl/N-ethyl adjacent to an activating group) is 1. The third kappa shape index (κ3) is 3.59. The first kappa shape index (κ1) is 15.3. The topological polar surface area (TPSA) is 26.8 Å². The third-order valence-electron chi connectivity index (χ3n) is 5.84. The first-order valence-electron chi connectivity index (χ1n) is 8.85. The maximum absolute atomic E-state index is 12.3. The van der Waals surface area contributed by atoms with Crippen molar-refractivity contribution >= 4 is 5.91 Å². The molecule has 1 saturated carbocycles. The molecule has 21 heavy (non-hydrogen) atoms. The van der Waals surface area contributed by atoms with Crippen molar-refractivity contribution in [3.05, 3.63) is 0 Å². The summed E-state index contributed by atoms with van der Waals surface area (Å²) in [5, 5.41) is 0. The maximum atomic E-state index is 12.3. The fraction of sp³-hybridized carbons (Fsp3) is 0.941. The molecule has 4 heteroatoms. The van der Waals surface area contributed by atoms with E-state index in [1.54, 1.807) is 0 Å². The lowest BCUT2D eigenvalue weighted by Gasteiger charge is -2.42. The molecule has 120 valence electrons. The summed E-state index contributed by atoms with van der Waals surface area (Å²) in [6, 6.07) is 0.679. The Morgan fingerprint density at radius 1 is 1.05 bits per heavy atom. The number of hydrogen-bond donors (Lipinski definition) is 0. The van der Waals surface area contributed by atoms with Crippen LogP contribution >= 0.6 is 0 Å². The van der Waals surface area contributed by atoms with Gasteiger partial charge in [0.15, 0.2) is 0 Å². The highest BCUT2D eigenvalue weighted by molar-refractivity contribution is 5.79. The molecule has 0 aromatic heterocycles. The predicted molar refractivity (Wildman–Crippen MR) is 85.2 cm³/mol. The Morgan fingerprint density at radius 2 is 1.76 bits per heavy atom. The number of carbonyl (C=O) groups excluding carboxylic acids is 1. The van der Waals surface area contributed by atoms with Gasteiger partial charge < -0.3 is 9.80 Å². The average Bonchev–Trinajstić information content (AvgIpc) is 2.41. The normalized spacial score (nSPS) is 30.4. The van der Waals surface area contributed by atoms with Crippen LogP contribution in [0.4, 0.5) is 0 Å². The summed E-state index contributed by atoms with van der Waals surface area (Å²) < 4.78 is 0. The summed E-state index contributed by atoms with van der Waals surface area (Å²) in [5.41, 5.74) is 0. The van der Waals surface area contributed by atoms with Crippen LogP contribution in [-0.4, -0.2) is 73.0 Å². The van der Waals surface area contributed by atoms with E-state index in [9.17, 15) is 4.79 Å². The number of amides is 1. The van der Waals surface area contributed by atoms with E-state index < -0.39 is 0 Å². The highest BCUT2D eigenvalue weighted by atomic mass is 16.2. The molecule has 1 aliphatic carbocycles. The molecule has 3 fully saturated rings. The van der Waals surface area contributed by atoms with E-state index in [1.165, 1.54) is 45.4 Å². The maximum Gasteiger partial charge on any atom is 0.225 e. The summed E-state index contributed by atoms with van der Waals surface area (Å²) in [5.74, 6) is 1.62. The monoisotopic (exact) mass is 293 g/mol. The van der Waals surface area contributed by atoms with Crippen molar-refractivity contribution in [3.63, 3.8) is 0 Å². The van der Waals surface area contributed by atoms with Gasteiger partial charge in [0, 0.05) is 51.2 Å². The molecule has 2 aliphatic heterocycles. The van der Waals surface area contributed by atoms with E-state index in [4.69, 9.17) is 0 Å². The average molecular weight is 293 g/mol. The minimum Gasteiger partial charge on any atom is -0.342 e. The van der Waals surface area contributed by atoms with Gasteiger partial charge >= 0.3 is 0 Å². The van der Waals surface area contributed by atoms with Gasteiger partial charge in [0.05, 0.1) is 0 Å². The molecule has 2 heterocycles. The molecule has 0 unspecified atom stereocenters. The largest absolute Gasteiger partial charge is 0.342 e. The summed E-state index contributed by atoms with van der Waals surface area (Å²) in [6.45, 7) is 9.19. The van der Waals surface area contributed by atoms with Crippen LogP contribution in [0.1, 0.15) is 39.0 Å². The quantitative estimate of drug-likeness (QED) is 0.792. The van der Waals surface area contributed by atoms with Crippen molar-refractivity contribution in [3.8, 4) is 0 Å². The lowest BCUT2D eigenvalue weighted by Crippen LogP contribution is -2.52. The van der Waals surface area contributed by atoms with Crippen LogP contribution < -0.4 is 0 Å². The van der Waals surface area contributed by atoms with Crippen molar-refractivity contribution in [1.82, 2.24) is 14.7 Å². The molecular weight excluding hydrogens is 262 g/mol. The lowest BCUT2D eigenvalue weighted by molar-refractivity contribution is -0.139. The fourth-order valence-electron chi connectivity index (χ4n) is 4.03. The molecular formula is C17H31N3O. The van der Waals surface area contributed by atoms with E-state index in [-0.39, 0.29) is 0 Å². The number of piperazine rings is 1. The van der Waals surface area contributed by atoms with Gasteiger partial charge in [-0.25, -0.2) is 0 Å². The van der Waals surface area contributed by atoms with Crippen molar-refractivity contribution in [1.29, 1.82) is 0 Å². The summed E-state index contributed by atoms with van der Waals surface area (Å²) in [7, 11) is 2.22. The van der Waals surface area contributed by atoms with Crippen LogP contribution in [0.15, 0.2) is 0 Å². The molecule has 1 atom stereocenters. The second kappa shape index (κ2) is 6.66. The standard InChI is InChI=1S/C17H31N3O/c1-14-12-18(2)10-11-20(14)13-15-6-8-19(9-7-15)17(21)16-4-3-5-16/h14-16H,3-13H2,1-2H3/t14-/m1/s1. The second-order valence-electron chi connectivity index (χ2n) is 7.50. The Balaban J connectivity index is 1.42. The fourth-order valence-corrected chi connectivity index (χ4v) is 4.03. The number of nitrogens with zero attached hydrogens (tertiary/aromatic N) is 3. The minimum atomic E-state index is 0.374. The van der Waals surface area contributed by atoms with Crippen LogP contribution in [0.5, 0.6) is 0 Å². The molecule has 3 rings (SSSR count). The van der Waals surface area contributed by atoms with Gasteiger partial charge in [-0.1, -0.05) is 6.42 Å². The Hall–Kier alpha value is -0.610. The van der Waals surface area contributed by atoms with E-state index in [2.05, 4.69) is 28.7 Å². The van der Waals surface area contributed by atoms with Gasteiger partial charge in [0.1, 0.15) is 0 Å². The van der Waals surface area contributed by atoms with Crippen LogP contribution in [0.3, 0.4) is 0 Å². The number of rotatable bonds is 3. The number of hydrogen-bond acceptors (Lipinski definition) is 3. The highest BCUT2D eigenvalue weighted by Gasteiger charge is 2.32. The van der Waals surface area contributed by atoms with Crippen LogP contribution in [0.2, 0.25) is 0 Å². The molecule has 0 spiro atoms. The number of likely N-dealkylation sites (tertiary alicyclic amines) is 1. The van der Waals surface area contributed by atoms with Crippen LogP contribution in [0, 0.1) is 11.8 Å². The molecule has 0 aromatic rings. The Kier molecular flexibility index (Phi) is 4.85. The molecule has 2 saturated heterocycles. The number of piperidine rings is 1. The van der Waals surface area contributed by atoms with Crippen LogP contribution in [0.25, 0.3) is 0 Å². The van der Waals surface area contributed by atoms with E-state index in [1.807, 2.05) is 0 Å². The van der Waals surface area contributed by atoms with Gasteiger partial charge in [0.25, 0.3) is 0 Å². The molecule has 4 nitrogen and oxygen atoms in total. The van der Waals surface area contributed by atoms with E-state index in [0.717, 1.165) is 31.8 Å². The van der Waals surface area contributed by atoms with Gasteiger partial charge in [-0.2, -0.15) is 0 Å². The van der Waals surface area contributed by atoms with Gasteiger partial charge in [-0.3, -0.25) is 9.69 Å². The van der Waals surface area contributed by atoms with E-state index in [0.29, 0.717) is 17.9 Å². The molecule has 0 radical (unpaired) electrons.